The summed E-state index contributed by atoms with van der Waals surface area (Å²) in [5.41, 5.74) is 1.80. The van der Waals surface area contributed by atoms with Crippen molar-refractivity contribution in [2.75, 3.05) is 10.6 Å². The topological polar surface area (TPSA) is 114 Å². The van der Waals surface area contributed by atoms with E-state index in [0.29, 0.717) is 27.6 Å². The highest BCUT2D eigenvalue weighted by Crippen LogP contribution is 2.23. The van der Waals surface area contributed by atoms with Crippen LogP contribution >= 0.6 is 11.3 Å². The van der Waals surface area contributed by atoms with Gasteiger partial charge in [-0.2, -0.15) is 0 Å². The van der Waals surface area contributed by atoms with E-state index >= 15 is 0 Å². The molecule has 3 rings (SSSR count). The van der Waals surface area contributed by atoms with Gasteiger partial charge in [0.1, 0.15) is 0 Å². The lowest BCUT2D eigenvalue weighted by Gasteiger charge is -2.05. The second-order valence-electron chi connectivity index (χ2n) is 5.95. The van der Waals surface area contributed by atoms with Crippen LogP contribution in [0.4, 0.5) is 16.5 Å². The Morgan fingerprint density at radius 3 is 2.61 bits per heavy atom. The third-order valence-electron chi connectivity index (χ3n) is 3.84. The minimum Gasteiger partial charge on any atom is -0.325 e. The van der Waals surface area contributed by atoms with Crippen LogP contribution in [0.3, 0.4) is 0 Å². The predicted molar refractivity (Wildman–Crippen MR) is 107 cm³/mol. The number of thiazole rings is 1. The van der Waals surface area contributed by atoms with E-state index in [1.165, 1.54) is 17.4 Å². The molecule has 2 N–H and O–H groups in total. The third kappa shape index (κ3) is 4.77. The number of benzene rings is 2. The van der Waals surface area contributed by atoms with Crippen molar-refractivity contribution >= 4 is 39.7 Å². The zero-order valence-corrected chi connectivity index (χ0v) is 15.7. The molecule has 0 bridgehead atoms. The summed E-state index contributed by atoms with van der Waals surface area (Å²) in [7, 11) is 0. The van der Waals surface area contributed by atoms with Gasteiger partial charge >= 0.3 is 0 Å². The Balaban J connectivity index is 1.60. The average Bonchev–Trinajstić information content (AvgIpc) is 3.10. The summed E-state index contributed by atoms with van der Waals surface area (Å²) in [6.45, 7) is 1.63. The molecule has 28 heavy (non-hydrogen) atoms. The summed E-state index contributed by atoms with van der Waals surface area (Å²) >= 11 is 1.22. The van der Waals surface area contributed by atoms with E-state index in [4.69, 9.17) is 0 Å². The number of anilines is 2. The second-order valence-corrected chi connectivity index (χ2v) is 6.81. The summed E-state index contributed by atoms with van der Waals surface area (Å²) in [4.78, 5) is 39.1. The van der Waals surface area contributed by atoms with Gasteiger partial charge in [-0.15, -0.1) is 11.3 Å². The van der Waals surface area contributed by atoms with Crippen molar-refractivity contribution in [1.82, 2.24) is 4.98 Å². The van der Waals surface area contributed by atoms with Gasteiger partial charge in [-0.25, -0.2) is 4.98 Å². The Morgan fingerprint density at radius 2 is 1.89 bits per heavy atom. The number of hydrogen-bond acceptors (Lipinski definition) is 6. The monoisotopic (exact) mass is 396 g/mol. The molecule has 0 aliphatic heterocycles. The van der Waals surface area contributed by atoms with Crippen LogP contribution in [0.5, 0.6) is 0 Å². The van der Waals surface area contributed by atoms with Crippen molar-refractivity contribution in [3.63, 3.8) is 0 Å². The molecule has 1 heterocycles. The largest absolute Gasteiger partial charge is 0.325 e. The molecule has 0 aliphatic carbocycles. The van der Waals surface area contributed by atoms with Gasteiger partial charge < -0.3 is 5.32 Å². The molecule has 2 aromatic carbocycles. The van der Waals surface area contributed by atoms with Crippen LogP contribution in [0.15, 0.2) is 53.9 Å². The number of aromatic nitrogens is 1. The van der Waals surface area contributed by atoms with Gasteiger partial charge in [-0.3, -0.25) is 25.0 Å². The van der Waals surface area contributed by atoms with Gasteiger partial charge in [0.05, 0.1) is 17.0 Å². The first-order chi connectivity index (χ1) is 13.4. The fourth-order valence-corrected chi connectivity index (χ4v) is 3.16. The molecule has 0 aliphatic rings. The van der Waals surface area contributed by atoms with Gasteiger partial charge in [-0.1, -0.05) is 24.3 Å². The molecule has 3 aromatic rings. The van der Waals surface area contributed by atoms with E-state index < -0.39 is 4.92 Å². The van der Waals surface area contributed by atoms with Crippen LogP contribution in [0.25, 0.3) is 0 Å². The lowest BCUT2D eigenvalue weighted by molar-refractivity contribution is -0.385. The summed E-state index contributed by atoms with van der Waals surface area (Å²) in [5, 5.41) is 18.4. The highest BCUT2D eigenvalue weighted by Gasteiger charge is 2.14. The molecule has 0 saturated carbocycles. The van der Waals surface area contributed by atoms with Crippen LogP contribution in [-0.2, 0) is 11.2 Å². The summed E-state index contributed by atoms with van der Waals surface area (Å²) in [5.74, 6) is -0.637. The van der Waals surface area contributed by atoms with Gasteiger partial charge in [0.25, 0.3) is 11.6 Å². The van der Waals surface area contributed by atoms with E-state index in [9.17, 15) is 19.7 Å². The number of amides is 2. The maximum atomic E-state index is 12.2. The Labute approximate surface area is 164 Å². The molecule has 0 fully saturated rings. The number of hydrogen-bond donors (Lipinski definition) is 2. The average molecular weight is 396 g/mol. The SMILES string of the molecule is Cc1ccc(NC(=O)Cc2csc(NC(=O)c3ccccc3)n2)cc1[N+](=O)[O-]. The maximum absolute atomic E-state index is 12.2. The quantitative estimate of drug-likeness (QED) is 0.486. The van der Waals surface area contributed by atoms with E-state index in [1.807, 2.05) is 6.07 Å². The molecule has 0 unspecified atom stereocenters. The number of rotatable bonds is 6. The van der Waals surface area contributed by atoms with Crippen molar-refractivity contribution in [3.05, 3.63) is 80.8 Å². The first kappa shape index (κ1) is 19.2. The highest BCUT2D eigenvalue weighted by molar-refractivity contribution is 7.14. The van der Waals surface area contributed by atoms with E-state index in [1.54, 1.807) is 48.7 Å². The molecule has 0 saturated heterocycles. The van der Waals surface area contributed by atoms with Crippen LogP contribution < -0.4 is 10.6 Å². The van der Waals surface area contributed by atoms with Crippen molar-refractivity contribution in [1.29, 1.82) is 0 Å². The molecule has 0 radical (unpaired) electrons. The number of aryl methyl sites for hydroxylation is 1. The standard InChI is InChI=1S/C19H16N4O4S/c1-12-7-8-14(9-16(12)23(26)27)20-17(24)10-15-11-28-19(21-15)22-18(25)13-5-3-2-4-6-13/h2-9,11H,10H2,1H3,(H,20,24)(H,21,22,25). The number of nitrogens with zero attached hydrogens (tertiary/aromatic N) is 2. The molecule has 2 amide bonds. The smallest absolute Gasteiger partial charge is 0.274 e. The number of nitro groups is 1. The van der Waals surface area contributed by atoms with Crippen molar-refractivity contribution in [2.45, 2.75) is 13.3 Å². The van der Waals surface area contributed by atoms with Crippen LogP contribution in [0, 0.1) is 17.0 Å². The van der Waals surface area contributed by atoms with Crippen LogP contribution in [0.1, 0.15) is 21.6 Å². The molecule has 9 heteroatoms. The lowest BCUT2D eigenvalue weighted by atomic mass is 10.2. The Morgan fingerprint density at radius 1 is 1.14 bits per heavy atom. The van der Waals surface area contributed by atoms with E-state index in [2.05, 4.69) is 15.6 Å². The first-order valence-corrected chi connectivity index (χ1v) is 9.16. The first-order valence-electron chi connectivity index (χ1n) is 8.28. The Hall–Kier alpha value is -3.59. The van der Waals surface area contributed by atoms with Crippen molar-refractivity contribution in [3.8, 4) is 0 Å². The zero-order chi connectivity index (χ0) is 20.1. The lowest BCUT2D eigenvalue weighted by Crippen LogP contribution is -2.15. The number of carbonyl (C=O) groups excluding carboxylic acids is 2. The summed E-state index contributed by atoms with van der Waals surface area (Å²) < 4.78 is 0. The number of nitrogens with one attached hydrogen (secondary N) is 2. The molecule has 8 nitrogen and oxygen atoms in total. The molecule has 0 atom stereocenters. The third-order valence-corrected chi connectivity index (χ3v) is 4.65. The minimum absolute atomic E-state index is 0.0145. The molecular weight excluding hydrogens is 380 g/mol. The summed E-state index contributed by atoms with van der Waals surface area (Å²) in [6.07, 6.45) is -0.0145. The fraction of sp³-hybridized carbons (Fsp3) is 0.105. The van der Waals surface area contributed by atoms with E-state index in [-0.39, 0.29) is 23.9 Å². The fourth-order valence-electron chi connectivity index (χ4n) is 2.46. The normalized spacial score (nSPS) is 10.3. The van der Waals surface area contributed by atoms with E-state index in [0.717, 1.165) is 0 Å². The van der Waals surface area contributed by atoms with Crippen LogP contribution in [-0.4, -0.2) is 21.7 Å². The number of carbonyl (C=O) groups is 2. The van der Waals surface area contributed by atoms with Gasteiger partial charge in [0, 0.05) is 28.3 Å². The van der Waals surface area contributed by atoms with Gasteiger partial charge in [0.2, 0.25) is 5.91 Å². The second kappa shape index (κ2) is 8.40. The van der Waals surface area contributed by atoms with Crippen molar-refractivity contribution < 1.29 is 14.5 Å². The minimum atomic E-state index is -0.493. The van der Waals surface area contributed by atoms with Crippen LogP contribution in [0.2, 0.25) is 0 Å². The van der Waals surface area contributed by atoms with Crippen molar-refractivity contribution in [2.24, 2.45) is 0 Å². The number of nitro benzene ring substituents is 1. The molecule has 1 aromatic heterocycles. The van der Waals surface area contributed by atoms with Gasteiger partial charge in [0.15, 0.2) is 5.13 Å². The van der Waals surface area contributed by atoms with Gasteiger partial charge in [-0.05, 0) is 25.1 Å². The Kier molecular flexibility index (Phi) is 5.75. The maximum Gasteiger partial charge on any atom is 0.274 e. The molecule has 0 spiro atoms. The molecule has 142 valence electrons. The zero-order valence-electron chi connectivity index (χ0n) is 14.8. The molecular formula is C19H16N4O4S. The highest BCUT2D eigenvalue weighted by atomic mass is 32.1. The summed E-state index contributed by atoms with van der Waals surface area (Å²) in [6, 6.07) is 13.2. The Bertz CT molecular complexity index is 1030. The predicted octanol–water partition coefficient (Wildman–Crippen LogP) is 3.79.